The van der Waals surface area contributed by atoms with E-state index in [9.17, 15) is 4.79 Å². The molecule has 1 fully saturated rings. The van der Waals surface area contributed by atoms with Crippen molar-refractivity contribution in [3.63, 3.8) is 0 Å². The van der Waals surface area contributed by atoms with E-state index in [4.69, 9.17) is 17.0 Å². The van der Waals surface area contributed by atoms with Gasteiger partial charge in [-0.15, -0.1) is 0 Å². The van der Waals surface area contributed by atoms with Crippen molar-refractivity contribution in [1.82, 2.24) is 4.90 Å². The summed E-state index contributed by atoms with van der Waals surface area (Å²) in [7, 11) is 0. The summed E-state index contributed by atoms with van der Waals surface area (Å²) in [6.07, 6.45) is 1.88. The monoisotopic (exact) mass is 523 g/mol. The fraction of sp³-hybridized carbons (Fsp3) is 0.154. The molecule has 1 saturated heterocycles. The molecule has 3 nitrogen and oxygen atoms in total. The lowest BCUT2D eigenvalue weighted by Gasteiger charge is -2.14. The first-order chi connectivity index (χ1) is 15.4. The van der Waals surface area contributed by atoms with E-state index in [0.717, 1.165) is 26.9 Å². The summed E-state index contributed by atoms with van der Waals surface area (Å²) >= 11 is 10.4. The Balaban J connectivity index is 1.44. The van der Waals surface area contributed by atoms with Crippen molar-refractivity contribution in [2.75, 3.05) is 0 Å². The highest BCUT2D eigenvalue weighted by molar-refractivity contribution is 9.10. The van der Waals surface area contributed by atoms with E-state index >= 15 is 0 Å². The predicted octanol–water partition coefficient (Wildman–Crippen LogP) is 7.05. The third kappa shape index (κ3) is 5.49. The van der Waals surface area contributed by atoms with Crippen molar-refractivity contribution < 1.29 is 9.53 Å². The van der Waals surface area contributed by atoms with E-state index in [1.165, 1.54) is 22.9 Å². The number of halogens is 1. The van der Waals surface area contributed by atoms with Gasteiger partial charge in [0.05, 0.1) is 15.9 Å². The van der Waals surface area contributed by atoms with Crippen LogP contribution in [0.5, 0.6) is 5.75 Å². The van der Waals surface area contributed by atoms with Gasteiger partial charge in [-0.25, -0.2) is 0 Å². The zero-order chi connectivity index (χ0) is 22.7. The Morgan fingerprint density at radius 3 is 2.22 bits per heavy atom. The fourth-order valence-corrected chi connectivity index (χ4v) is 5.00. The lowest BCUT2D eigenvalue weighted by Crippen LogP contribution is -2.27. The first kappa shape index (κ1) is 22.8. The fourth-order valence-electron chi connectivity index (χ4n) is 3.23. The van der Waals surface area contributed by atoms with E-state index in [0.29, 0.717) is 22.4 Å². The van der Waals surface area contributed by atoms with Crippen molar-refractivity contribution in [1.29, 1.82) is 0 Å². The maximum atomic E-state index is 12.9. The van der Waals surface area contributed by atoms with Crippen molar-refractivity contribution in [2.24, 2.45) is 0 Å². The number of ether oxygens (including phenoxy) is 1. The van der Waals surface area contributed by atoms with Crippen molar-refractivity contribution in [2.45, 2.75) is 27.0 Å². The van der Waals surface area contributed by atoms with Gasteiger partial charge >= 0.3 is 0 Å². The second-order valence-corrected chi connectivity index (χ2v) is 10.2. The number of nitrogens with zero attached hydrogens (tertiary/aromatic N) is 1. The molecular weight excluding hydrogens is 502 g/mol. The Labute approximate surface area is 206 Å². The molecule has 1 aliphatic rings. The lowest BCUT2D eigenvalue weighted by atomic mass is 10.1. The minimum absolute atomic E-state index is 0.0589. The van der Waals surface area contributed by atoms with Gasteiger partial charge in [-0.1, -0.05) is 89.7 Å². The van der Waals surface area contributed by atoms with E-state index in [1.54, 1.807) is 4.90 Å². The van der Waals surface area contributed by atoms with Crippen LogP contribution in [0.15, 0.2) is 76.1 Å². The number of carbonyl (C=O) groups excluding carboxylic acids is 1. The van der Waals surface area contributed by atoms with Gasteiger partial charge in [-0.2, -0.15) is 0 Å². The molecule has 0 atom stereocenters. The van der Waals surface area contributed by atoms with Crippen molar-refractivity contribution in [3.05, 3.63) is 104 Å². The molecule has 1 amide bonds. The second-order valence-electron chi connectivity index (χ2n) is 7.72. The molecule has 0 aliphatic carbocycles. The molecule has 32 heavy (non-hydrogen) atoms. The summed E-state index contributed by atoms with van der Waals surface area (Å²) in [4.78, 5) is 15.2. The lowest BCUT2D eigenvalue weighted by molar-refractivity contribution is -0.122. The molecule has 0 radical (unpaired) electrons. The van der Waals surface area contributed by atoms with Crippen LogP contribution in [0.4, 0.5) is 0 Å². The van der Waals surface area contributed by atoms with Gasteiger partial charge in [0.1, 0.15) is 16.7 Å². The molecule has 6 heteroatoms. The first-order valence-corrected chi connectivity index (χ1v) is 12.2. The number of benzene rings is 3. The molecule has 3 aromatic rings. The highest BCUT2D eigenvalue weighted by Crippen LogP contribution is 2.35. The summed E-state index contributed by atoms with van der Waals surface area (Å²) in [5, 5.41) is 0. The summed E-state index contributed by atoms with van der Waals surface area (Å²) in [6, 6.07) is 22.2. The Morgan fingerprint density at radius 1 is 0.969 bits per heavy atom. The minimum atomic E-state index is -0.0589. The smallest absolute Gasteiger partial charge is 0.266 e. The van der Waals surface area contributed by atoms with Crippen LogP contribution in [-0.4, -0.2) is 15.1 Å². The quantitative estimate of drug-likeness (QED) is 0.255. The van der Waals surface area contributed by atoms with Crippen LogP contribution >= 0.6 is 39.9 Å². The van der Waals surface area contributed by atoms with E-state index < -0.39 is 0 Å². The highest BCUT2D eigenvalue weighted by atomic mass is 79.9. The Kier molecular flexibility index (Phi) is 7.13. The van der Waals surface area contributed by atoms with E-state index in [1.807, 2.05) is 55.5 Å². The molecule has 162 valence electrons. The van der Waals surface area contributed by atoms with Crippen LogP contribution in [0.3, 0.4) is 0 Å². The first-order valence-electron chi connectivity index (χ1n) is 10.2. The highest BCUT2D eigenvalue weighted by Gasteiger charge is 2.32. The van der Waals surface area contributed by atoms with Crippen molar-refractivity contribution in [3.8, 4) is 5.75 Å². The Bertz CT molecular complexity index is 1190. The number of carbonyl (C=O) groups is 1. The zero-order valence-electron chi connectivity index (χ0n) is 17.8. The van der Waals surface area contributed by atoms with Gasteiger partial charge in [-0.05, 0) is 64.7 Å². The van der Waals surface area contributed by atoms with E-state index in [-0.39, 0.29) is 5.91 Å². The van der Waals surface area contributed by atoms with Crippen LogP contribution in [-0.2, 0) is 17.9 Å². The minimum Gasteiger partial charge on any atom is -0.488 e. The summed E-state index contributed by atoms with van der Waals surface area (Å²) in [5.41, 5.74) is 5.50. The molecule has 0 bridgehead atoms. The second kappa shape index (κ2) is 10.0. The normalized spacial score (nSPS) is 15.0. The van der Waals surface area contributed by atoms with Gasteiger partial charge < -0.3 is 4.74 Å². The molecule has 1 heterocycles. The number of rotatable bonds is 6. The molecule has 0 N–H and O–H groups in total. The van der Waals surface area contributed by atoms with Crippen molar-refractivity contribution >= 4 is 56.2 Å². The maximum absolute atomic E-state index is 12.9. The predicted molar refractivity (Wildman–Crippen MR) is 140 cm³/mol. The average molecular weight is 525 g/mol. The largest absolute Gasteiger partial charge is 0.488 e. The average Bonchev–Trinajstić information content (AvgIpc) is 3.03. The molecule has 0 spiro atoms. The number of amides is 1. The Hall–Kier alpha value is -2.41. The molecule has 1 aliphatic heterocycles. The molecule has 0 unspecified atom stereocenters. The summed E-state index contributed by atoms with van der Waals surface area (Å²) in [5.74, 6) is 0.700. The van der Waals surface area contributed by atoms with Crippen LogP contribution in [0.25, 0.3) is 6.08 Å². The van der Waals surface area contributed by atoms with Crippen LogP contribution in [0, 0.1) is 13.8 Å². The van der Waals surface area contributed by atoms with Gasteiger partial charge in [0, 0.05) is 0 Å². The molecule has 4 rings (SSSR count). The molecule has 0 aromatic heterocycles. The van der Waals surface area contributed by atoms with Gasteiger partial charge in [0.2, 0.25) is 0 Å². The van der Waals surface area contributed by atoms with Gasteiger partial charge in [0.25, 0.3) is 5.91 Å². The summed E-state index contributed by atoms with van der Waals surface area (Å²) in [6.45, 7) is 5.09. The number of thiocarbonyl (C=S) groups is 1. The van der Waals surface area contributed by atoms with Gasteiger partial charge in [-0.3, -0.25) is 9.69 Å². The standard InChI is InChI=1S/C26H22BrNO2S2/c1-17-3-7-19(8-4-17)15-28-25(29)24(32-26(28)31)14-21-11-12-23(22(27)13-21)30-16-20-9-5-18(2)6-10-20/h3-14H,15-16H2,1-2H3/b24-14-. The SMILES string of the molecule is Cc1ccc(COc2ccc(/C=C3\SC(=S)N(Cc4ccc(C)cc4)C3=O)cc2Br)cc1. The van der Waals surface area contributed by atoms with Gasteiger partial charge in [0.15, 0.2) is 0 Å². The topological polar surface area (TPSA) is 29.5 Å². The third-order valence-corrected chi connectivity index (χ3v) is 7.10. The zero-order valence-corrected chi connectivity index (χ0v) is 21.0. The molecule has 3 aromatic carbocycles. The molecular formula is C26H22BrNO2S2. The number of thioether (sulfide) groups is 1. The van der Waals surface area contributed by atoms with E-state index in [2.05, 4.69) is 47.1 Å². The maximum Gasteiger partial charge on any atom is 0.266 e. The Morgan fingerprint density at radius 2 is 1.59 bits per heavy atom. The van der Waals surface area contributed by atoms with Crippen LogP contribution in [0.1, 0.15) is 27.8 Å². The third-order valence-electron chi connectivity index (χ3n) is 5.10. The number of hydrogen-bond donors (Lipinski definition) is 0. The number of hydrogen-bond acceptors (Lipinski definition) is 4. The summed E-state index contributed by atoms with van der Waals surface area (Å²) < 4.78 is 7.37. The molecule has 0 saturated carbocycles. The van der Waals surface area contributed by atoms with Crippen LogP contribution in [0.2, 0.25) is 0 Å². The van der Waals surface area contributed by atoms with Crippen LogP contribution < -0.4 is 4.74 Å². The number of aryl methyl sites for hydroxylation is 2.